The lowest BCUT2D eigenvalue weighted by Gasteiger charge is -2.33. The van der Waals surface area contributed by atoms with Crippen molar-refractivity contribution < 1.29 is 0 Å². The fraction of sp³-hybridized carbons (Fsp3) is 0.476. The van der Waals surface area contributed by atoms with E-state index in [1.54, 1.807) is 5.56 Å². The van der Waals surface area contributed by atoms with Crippen LogP contribution in [0.4, 0.5) is 0 Å². The van der Waals surface area contributed by atoms with Crippen LogP contribution in [-0.2, 0) is 5.41 Å². The second-order valence-corrected chi connectivity index (χ2v) is 7.65. The highest BCUT2D eigenvalue weighted by Gasteiger charge is 2.31. The van der Waals surface area contributed by atoms with Gasteiger partial charge in [0.15, 0.2) is 0 Å². The Morgan fingerprint density at radius 2 is 1.86 bits per heavy atom. The van der Waals surface area contributed by atoms with E-state index in [0.717, 1.165) is 11.6 Å². The van der Waals surface area contributed by atoms with Gasteiger partial charge < -0.3 is 0 Å². The van der Waals surface area contributed by atoms with Crippen molar-refractivity contribution in [2.75, 3.05) is 0 Å². The zero-order chi connectivity index (χ0) is 15.3. The lowest BCUT2D eigenvalue weighted by molar-refractivity contribution is 0.443. The molecule has 0 amide bonds. The second kappa shape index (κ2) is 4.94. The Bertz CT molecular complexity index is 761. The number of aromatic nitrogens is 1. The number of rotatable bonds is 1. The van der Waals surface area contributed by atoms with Crippen molar-refractivity contribution in [1.82, 2.24) is 4.98 Å². The monoisotopic (exact) mass is 291 g/mol. The minimum absolute atomic E-state index is 0.110. The number of allylic oxidation sites excluding steroid dienone is 1. The van der Waals surface area contributed by atoms with Crippen molar-refractivity contribution in [2.45, 2.75) is 64.2 Å². The van der Waals surface area contributed by atoms with Gasteiger partial charge in [0, 0.05) is 17.0 Å². The normalized spacial score (nSPS) is 21.0. The molecular weight excluding hydrogens is 266 g/mol. The highest BCUT2D eigenvalue weighted by atomic mass is 14.7. The van der Waals surface area contributed by atoms with Gasteiger partial charge in [-0.25, -0.2) is 0 Å². The number of hydrogen-bond donors (Lipinski definition) is 0. The van der Waals surface area contributed by atoms with E-state index in [1.165, 1.54) is 54.0 Å². The van der Waals surface area contributed by atoms with Crippen LogP contribution in [0.3, 0.4) is 0 Å². The lowest BCUT2D eigenvalue weighted by atomic mass is 9.71. The van der Waals surface area contributed by atoms with E-state index in [-0.39, 0.29) is 5.41 Å². The second-order valence-electron chi connectivity index (χ2n) is 7.65. The van der Waals surface area contributed by atoms with Crippen LogP contribution in [0.25, 0.3) is 16.8 Å². The minimum atomic E-state index is 0.110. The summed E-state index contributed by atoms with van der Waals surface area (Å²) in [4.78, 5) is 4.62. The highest BCUT2D eigenvalue weighted by Crippen LogP contribution is 2.44. The average Bonchev–Trinajstić information content (AvgIpc) is 2.53. The predicted molar refractivity (Wildman–Crippen MR) is 94.2 cm³/mol. The van der Waals surface area contributed by atoms with Crippen LogP contribution in [0.15, 0.2) is 30.0 Å². The molecule has 1 aromatic carbocycles. The molecular formula is C21H25N. The minimum Gasteiger partial charge on any atom is -0.256 e. The summed E-state index contributed by atoms with van der Waals surface area (Å²) in [5.74, 6) is 0.757. The predicted octanol–water partition coefficient (Wildman–Crippen LogP) is 5.98. The quantitative estimate of drug-likeness (QED) is 0.630. The van der Waals surface area contributed by atoms with E-state index >= 15 is 0 Å². The Morgan fingerprint density at radius 1 is 1.09 bits per heavy atom. The Labute approximate surface area is 133 Å². The standard InChI is InChI=1S/C21H25N/c1-14-11-19-20-16(9-10-22-19)12-17(13-18(20)21(14,2)3)15-7-5-4-6-8-15/h9-13,15H,4-8H2,1-3H3. The van der Waals surface area contributed by atoms with Gasteiger partial charge in [-0.3, -0.25) is 4.98 Å². The van der Waals surface area contributed by atoms with Crippen LogP contribution in [0.5, 0.6) is 0 Å². The molecule has 1 heteroatoms. The van der Waals surface area contributed by atoms with Crippen LogP contribution >= 0.6 is 0 Å². The van der Waals surface area contributed by atoms with E-state index in [4.69, 9.17) is 0 Å². The van der Waals surface area contributed by atoms with Crippen LogP contribution in [0, 0.1) is 0 Å². The Balaban J connectivity index is 1.96. The first-order valence-corrected chi connectivity index (χ1v) is 8.69. The molecule has 0 bridgehead atoms. The third-order valence-corrected chi connectivity index (χ3v) is 6.00. The smallest absolute Gasteiger partial charge is 0.0710 e. The zero-order valence-corrected chi connectivity index (χ0v) is 13.9. The molecule has 114 valence electrons. The van der Waals surface area contributed by atoms with E-state index in [0.29, 0.717) is 0 Å². The molecule has 2 aromatic rings. The molecule has 0 saturated heterocycles. The van der Waals surface area contributed by atoms with Gasteiger partial charge in [-0.1, -0.05) is 50.8 Å². The summed E-state index contributed by atoms with van der Waals surface area (Å²) < 4.78 is 0. The van der Waals surface area contributed by atoms with Crippen molar-refractivity contribution in [3.8, 4) is 0 Å². The van der Waals surface area contributed by atoms with Gasteiger partial charge in [0.1, 0.15) is 0 Å². The van der Waals surface area contributed by atoms with E-state index in [1.807, 2.05) is 6.20 Å². The van der Waals surface area contributed by atoms with E-state index in [9.17, 15) is 0 Å². The van der Waals surface area contributed by atoms with Crippen molar-refractivity contribution in [3.05, 3.63) is 46.8 Å². The number of nitrogens with zero attached hydrogens (tertiary/aromatic N) is 1. The molecule has 0 unspecified atom stereocenters. The molecule has 1 heterocycles. The summed E-state index contributed by atoms with van der Waals surface area (Å²) in [6.07, 6.45) is 11.2. The van der Waals surface area contributed by atoms with Crippen LogP contribution in [-0.4, -0.2) is 4.98 Å². The lowest BCUT2D eigenvalue weighted by Crippen LogP contribution is -2.23. The molecule has 0 spiro atoms. The molecule has 1 fully saturated rings. The largest absolute Gasteiger partial charge is 0.256 e. The molecule has 0 radical (unpaired) electrons. The van der Waals surface area contributed by atoms with Gasteiger partial charge in [-0.05, 0) is 54.3 Å². The summed E-state index contributed by atoms with van der Waals surface area (Å²) in [6, 6.07) is 7.13. The summed E-state index contributed by atoms with van der Waals surface area (Å²) in [6.45, 7) is 6.96. The Kier molecular flexibility index (Phi) is 3.14. The molecule has 22 heavy (non-hydrogen) atoms. The molecule has 1 saturated carbocycles. The molecule has 0 aliphatic heterocycles. The summed E-state index contributed by atoms with van der Waals surface area (Å²) in [5.41, 5.74) is 5.72. The Hall–Kier alpha value is -1.63. The maximum Gasteiger partial charge on any atom is 0.0710 e. The molecule has 2 aliphatic carbocycles. The summed E-state index contributed by atoms with van der Waals surface area (Å²) >= 11 is 0. The third kappa shape index (κ3) is 2.02. The number of pyridine rings is 1. The number of hydrogen-bond acceptors (Lipinski definition) is 1. The molecule has 4 rings (SSSR count). The van der Waals surface area contributed by atoms with Crippen LogP contribution in [0.2, 0.25) is 0 Å². The van der Waals surface area contributed by atoms with Crippen molar-refractivity contribution in [1.29, 1.82) is 0 Å². The topological polar surface area (TPSA) is 12.9 Å². The SMILES string of the molecule is CC1=Cc2nccc3cc(C4CCCCC4)cc(c23)C1(C)C. The average molecular weight is 291 g/mol. The van der Waals surface area contributed by atoms with Gasteiger partial charge in [0.2, 0.25) is 0 Å². The first kappa shape index (κ1) is 14.0. The highest BCUT2D eigenvalue weighted by molar-refractivity contribution is 5.96. The molecule has 0 atom stereocenters. The van der Waals surface area contributed by atoms with Gasteiger partial charge in [0.25, 0.3) is 0 Å². The van der Waals surface area contributed by atoms with Crippen molar-refractivity contribution in [3.63, 3.8) is 0 Å². The molecule has 1 nitrogen and oxygen atoms in total. The summed E-state index contributed by atoms with van der Waals surface area (Å²) in [5, 5.41) is 2.75. The van der Waals surface area contributed by atoms with E-state index < -0.39 is 0 Å². The Morgan fingerprint density at radius 3 is 2.64 bits per heavy atom. The fourth-order valence-electron chi connectivity index (χ4n) is 4.24. The molecule has 1 aromatic heterocycles. The van der Waals surface area contributed by atoms with Gasteiger partial charge in [-0.2, -0.15) is 0 Å². The van der Waals surface area contributed by atoms with Crippen molar-refractivity contribution in [2.24, 2.45) is 0 Å². The van der Waals surface area contributed by atoms with Gasteiger partial charge in [0.05, 0.1) is 5.69 Å². The zero-order valence-electron chi connectivity index (χ0n) is 13.9. The molecule has 0 N–H and O–H groups in total. The summed E-state index contributed by atoms with van der Waals surface area (Å²) in [7, 11) is 0. The van der Waals surface area contributed by atoms with Crippen LogP contribution in [0.1, 0.15) is 75.6 Å². The fourth-order valence-corrected chi connectivity index (χ4v) is 4.24. The first-order valence-electron chi connectivity index (χ1n) is 8.69. The molecule has 2 aliphatic rings. The first-order chi connectivity index (χ1) is 10.6. The maximum atomic E-state index is 4.62. The van der Waals surface area contributed by atoms with Gasteiger partial charge in [-0.15, -0.1) is 0 Å². The van der Waals surface area contributed by atoms with Crippen molar-refractivity contribution >= 4 is 16.8 Å². The van der Waals surface area contributed by atoms with Crippen LogP contribution < -0.4 is 0 Å². The maximum absolute atomic E-state index is 4.62. The third-order valence-electron chi connectivity index (χ3n) is 6.00. The van der Waals surface area contributed by atoms with E-state index in [2.05, 4.69) is 50.0 Å². The van der Waals surface area contributed by atoms with Gasteiger partial charge >= 0.3 is 0 Å². The number of benzene rings is 1.